The molecule has 0 bridgehead atoms. The number of anilines is 1. The van der Waals surface area contributed by atoms with Crippen molar-refractivity contribution in [3.8, 4) is 11.8 Å². The highest BCUT2D eigenvalue weighted by Crippen LogP contribution is 2.11. The summed E-state index contributed by atoms with van der Waals surface area (Å²) in [6.07, 6.45) is 1.51. The fourth-order valence-electron chi connectivity index (χ4n) is 1.66. The maximum Gasteiger partial charge on any atom is 0.274 e. The van der Waals surface area contributed by atoms with Crippen LogP contribution in [0.5, 0.6) is 0 Å². The lowest BCUT2D eigenvalue weighted by molar-refractivity contribution is 0.102. The molecule has 2 rings (SSSR count). The van der Waals surface area contributed by atoms with Crippen LogP contribution in [-0.4, -0.2) is 22.6 Å². The molecule has 0 saturated carbocycles. The number of aliphatic hydroxyl groups is 1. The first-order valence-corrected chi connectivity index (χ1v) is 6.13. The lowest BCUT2D eigenvalue weighted by Crippen LogP contribution is -2.13. The van der Waals surface area contributed by atoms with Gasteiger partial charge in [0, 0.05) is 17.4 Å². The van der Waals surface area contributed by atoms with Gasteiger partial charge in [-0.3, -0.25) is 4.79 Å². The third kappa shape index (κ3) is 3.67. The van der Waals surface area contributed by atoms with Crippen LogP contribution in [0.4, 0.5) is 5.69 Å². The Labute approximate surface area is 117 Å². The molecule has 0 aliphatic carbocycles. The minimum atomic E-state index is -0.266. The molecule has 1 amide bonds. The van der Waals surface area contributed by atoms with E-state index in [0.29, 0.717) is 11.3 Å². The Bertz CT molecular complexity index is 667. The average molecular weight is 266 g/mol. The van der Waals surface area contributed by atoms with Crippen LogP contribution in [0.3, 0.4) is 0 Å². The van der Waals surface area contributed by atoms with Crippen molar-refractivity contribution in [2.75, 3.05) is 11.9 Å². The van der Waals surface area contributed by atoms with Crippen molar-refractivity contribution in [1.29, 1.82) is 0 Å². The van der Waals surface area contributed by atoms with Crippen LogP contribution in [-0.2, 0) is 0 Å². The van der Waals surface area contributed by atoms with Gasteiger partial charge in [-0.15, -0.1) is 0 Å². The van der Waals surface area contributed by atoms with E-state index in [1.54, 1.807) is 12.1 Å². The van der Waals surface area contributed by atoms with Crippen molar-refractivity contribution in [1.82, 2.24) is 4.98 Å². The molecule has 0 unspecified atom stereocenters. The van der Waals surface area contributed by atoms with Crippen LogP contribution in [0, 0.1) is 18.8 Å². The van der Waals surface area contributed by atoms with E-state index in [2.05, 4.69) is 22.1 Å². The third-order valence-electron chi connectivity index (χ3n) is 2.58. The molecule has 0 radical (unpaired) electrons. The van der Waals surface area contributed by atoms with Crippen molar-refractivity contribution in [2.45, 2.75) is 6.92 Å². The number of hydrogen-bond acceptors (Lipinski definition) is 3. The minimum absolute atomic E-state index is 0.199. The van der Waals surface area contributed by atoms with Gasteiger partial charge in [-0.05, 0) is 36.8 Å². The fourth-order valence-corrected chi connectivity index (χ4v) is 1.66. The number of amides is 1. The number of carbonyl (C=O) groups is 1. The zero-order valence-corrected chi connectivity index (χ0v) is 11.1. The molecule has 0 saturated heterocycles. The molecule has 100 valence electrons. The van der Waals surface area contributed by atoms with E-state index < -0.39 is 0 Å². The van der Waals surface area contributed by atoms with E-state index in [9.17, 15) is 4.79 Å². The van der Waals surface area contributed by atoms with Crippen LogP contribution < -0.4 is 5.32 Å². The van der Waals surface area contributed by atoms with E-state index in [0.717, 1.165) is 11.3 Å². The first-order valence-electron chi connectivity index (χ1n) is 6.13. The van der Waals surface area contributed by atoms with Crippen LogP contribution in [0.15, 0.2) is 42.6 Å². The summed E-state index contributed by atoms with van der Waals surface area (Å²) in [5.74, 6) is 4.98. The van der Waals surface area contributed by atoms with Crippen molar-refractivity contribution in [3.05, 3.63) is 59.4 Å². The SMILES string of the molecule is Cc1cccc(NC(=O)c2ccc(C#CCO)cn2)c1. The molecule has 0 aliphatic rings. The van der Waals surface area contributed by atoms with Crippen LogP contribution >= 0.6 is 0 Å². The van der Waals surface area contributed by atoms with Crippen molar-refractivity contribution in [3.63, 3.8) is 0 Å². The van der Waals surface area contributed by atoms with Gasteiger partial charge in [0.25, 0.3) is 5.91 Å². The average Bonchev–Trinajstić information content (AvgIpc) is 2.45. The first kappa shape index (κ1) is 13.8. The van der Waals surface area contributed by atoms with Crippen molar-refractivity contribution < 1.29 is 9.90 Å². The van der Waals surface area contributed by atoms with Crippen LogP contribution in [0.1, 0.15) is 21.6 Å². The second-order valence-electron chi connectivity index (χ2n) is 4.22. The maximum absolute atomic E-state index is 12.0. The molecule has 2 N–H and O–H groups in total. The second-order valence-corrected chi connectivity index (χ2v) is 4.22. The van der Waals surface area contributed by atoms with Gasteiger partial charge in [0.05, 0.1) is 0 Å². The molecule has 0 fully saturated rings. The summed E-state index contributed by atoms with van der Waals surface area (Å²) in [6, 6.07) is 10.9. The molecule has 4 heteroatoms. The van der Waals surface area contributed by atoms with Gasteiger partial charge in [-0.1, -0.05) is 24.0 Å². The summed E-state index contributed by atoms with van der Waals surface area (Å²) in [6.45, 7) is 1.76. The molecular formula is C16H14N2O2. The molecule has 0 aliphatic heterocycles. The highest BCUT2D eigenvalue weighted by atomic mass is 16.2. The van der Waals surface area contributed by atoms with Gasteiger partial charge >= 0.3 is 0 Å². The fraction of sp³-hybridized carbons (Fsp3) is 0.125. The van der Waals surface area contributed by atoms with E-state index >= 15 is 0 Å². The number of pyridine rings is 1. The molecular weight excluding hydrogens is 252 g/mol. The number of nitrogens with zero attached hydrogens (tertiary/aromatic N) is 1. The summed E-state index contributed by atoms with van der Waals surface area (Å²) in [5.41, 5.74) is 2.79. The summed E-state index contributed by atoms with van der Waals surface area (Å²) in [5, 5.41) is 11.4. The molecule has 0 spiro atoms. The zero-order chi connectivity index (χ0) is 14.4. The largest absolute Gasteiger partial charge is 0.384 e. The van der Waals surface area contributed by atoms with Crippen LogP contribution in [0.25, 0.3) is 0 Å². The van der Waals surface area contributed by atoms with E-state index in [4.69, 9.17) is 5.11 Å². The molecule has 4 nitrogen and oxygen atoms in total. The molecule has 1 aromatic carbocycles. The standard InChI is InChI=1S/C16H14N2O2/c1-12-4-2-6-14(10-12)18-16(20)15-8-7-13(11-17-15)5-3-9-19/h2,4,6-8,10-11,19H,9H2,1H3,(H,18,20). The number of hydrogen-bond donors (Lipinski definition) is 2. The monoisotopic (exact) mass is 266 g/mol. The highest BCUT2D eigenvalue weighted by Gasteiger charge is 2.07. The Kier molecular flexibility index (Phi) is 4.48. The number of aryl methyl sites for hydroxylation is 1. The molecule has 2 aromatic rings. The van der Waals surface area contributed by atoms with E-state index in [1.807, 2.05) is 31.2 Å². The Morgan fingerprint density at radius 3 is 2.85 bits per heavy atom. The third-order valence-corrected chi connectivity index (χ3v) is 2.58. The second kappa shape index (κ2) is 6.50. The molecule has 0 atom stereocenters. The van der Waals surface area contributed by atoms with E-state index in [-0.39, 0.29) is 12.5 Å². The lowest BCUT2D eigenvalue weighted by Gasteiger charge is -2.05. The smallest absolute Gasteiger partial charge is 0.274 e. The quantitative estimate of drug-likeness (QED) is 0.817. The number of nitrogens with one attached hydrogen (secondary N) is 1. The Balaban J connectivity index is 2.09. The number of benzene rings is 1. The number of aromatic nitrogens is 1. The van der Waals surface area contributed by atoms with Crippen LogP contribution in [0.2, 0.25) is 0 Å². The topological polar surface area (TPSA) is 62.2 Å². The predicted octanol–water partition coefficient (Wildman–Crippen LogP) is 1.99. The first-order chi connectivity index (χ1) is 9.69. The van der Waals surface area contributed by atoms with Gasteiger partial charge in [-0.2, -0.15) is 0 Å². The predicted molar refractivity (Wildman–Crippen MR) is 77.3 cm³/mol. The van der Waals surface area contributed by atoms with Gasteiger partial charge in [0.15, 0.2) is 0 Å². The summed E-state index contributed by atoms with van der Waals surface area (Å²) >= 11 is 0. The molecule has 1 heterocycles. The van der Waals surface area contributed by atoms with Gasteiger partial charge in [-0.25, -0.2) is 4.98 Å². The lowest BCUT2D eigenvalue weighted by atomic mass is 10.2. The summed E-state index contributed by atoms with van der Waals surface area (Å²) < 4.78 is 0. The highest BCUT2D eigenvalue weighted by molar-refractivity contribution is 6.02. The summed E-state index contributed by atoms with van der Waals surface area (Å²) in [4.78, 5) is 16.1. The Morgan fingerprint density at radius 1 is 1.35 bits per heavy atom. The van der Waals surface area contributed by atoms with Gasteiger partial charge in [0.1, 0.15) is 12.3 Å². The minimum Gasteiger partial charge on any atom is -0.384 e. The number of carbonyl (C=O) groups excluding carboxylic acids is 1. The van der Waals surface area contributed by atoms with E-state index in [1.165, 1.54) is 6.20 Å². The van der Waals surface area contributed by atoms with Crippen molar-refractivity contribution >= 4 is 11.6 Å². The van der Waals surface area contributed by atoms with Crippen molar-refractivity contribution in [2.24, 2.45) is 0 Å². The van der Waals surface area contributed by atoms with Gasteiger partial charge in [0.2, 0.25) is 0 Å². The normalized spacial score (nSPS) is 9.50. The Morgan fingerprint density at radius 2 is 2.20 bits per heavy atom. The molecule has 20 heavy (non-hydrogen) atoms. The molecule has 1 aromatic heterocycles. The number of aliphatic hydroxyl groups excluding tert-OH is 1. The van der Waals surface area contributed by atoms with Gasteiger partial charge < -0.3 is 10.4 Å². The maximum atomic E-state index is 12.0. The zero-order valence-electron chi connectivity index (χ0n) is 11.1. The summed E-state index contributed by atoms with van der Waals surface area (Å²) in [7, 11) is 0. The Hall–Kier alpha value is -2.64. The number of rotatable bonds is 2.